The van der Waals surface area contributed by atoms with Gasteiger partial charge >= 0.3 is 11.9 Å². The first kappa shape index (κ1) is 28.5. The van der Waals surface area contributed by atoms with E-state index in [9.17, 15) is 9.59 Å². The van der Waals surface area contributed by atoms with E-state index >= 15 is 0 Å². The van der Waals surface area contributed by atoms with Gasteiger partial charge in [-0.2, -0.15) is 0 Å². The van der Waals surface area contributed by atoms with E-state index in [1.165, 1.54) is 24.6 Å². The highest BCUT2D eigenvalue weighted by Gasteiger charge is 2.49. The molecule has 0 N–H and O–H groups in total. The van der Waals surface area contributed by atoms with Crippen LogP contribution in [0, 0.1) is 5.92 Å². The smallest absolute Gasteiger partial charge is 0.334 e. The van der Waals surface area contributed by atoms with Gasteiger partial charge in [0, 0.05) is 12.2 Å². The lowest BCUT2D eigenvalue weighted by atomic mass is 9.94. The van der Waals surface area contributed by atoms with Crippen LogP contribution in [-0.2, 0) is 23.5 Å². The van der Waals surface area contributed by atoms with E-state index in [0.29, 0.717) is 13.0 Å². The molecule has 1 atom stereocenters. The van der Waals surface area contributed by atoms with Crippen LogP contribution in [0.1, 0.15) is 52.9 Å². The molecule has 5 nitrogen and oxygen atoms in total. The SMILES string of the molecule is C=C(C(=O)OC)[C@H](CCCCCCO[Si](c1ccccc1)(c1ccccc1)C(C)(C)C)C(=O)OC. The summed E-state index contributed by atoms with van der Waals surface area (Å²) in [7, 11) is 0.0954. The van der Waals surface area contributed by atoms with Gasteiger partial charge < -0.3 is 13.9 Å². The Morgan fingerprint density at radius 2 is 1.34 bits per heavy atom. The normalized spacial score (nSPS) is 12.6. The van der Waals surface area contributed by atoms with Crippen LogP contribution in [0.4, 0.5) is 0 Å². The Labute approximate surface area is 211 Å². The number of methoxy groups -OCH3 is 2. The minimum atomic E-state index is -2.51. The van der Waals surface area contributed by atoms with Gasteiger partial charge in [-0.3, -0.25) is 4.79 Å². The predicted octanol–water partition coefficient (Wildman–Crippen LogP) is 5.03. The first-order valence-corrected chi connectivity index (χ1v) is 14.2. The standard InChI is InChI=1S/C29H40O5Si/c1-23(27(30)32-5)26(28(31)33-6)21-15-7-8-16-22-34-35(29(2,3)4,24-17-11-9-12-18-24)25-19-13-10-14-20-25/h9-14,17-20,26H,1,7-8,15-16,21-22H2,2-6H3/t26-/m0/s1. The van der Waals surface area contributed by atoms with Gasteiger partial charge in [0.15, 0.2) is 0 Å². The summed E-state index contributed by atoms with van der Waals surface area (Å²) in [6, 6.07) is 21.3. The Hall–Kier alpha value is -2.70. The maximum absolute atomic E-state index is 12.1. The minimum absolute atomic E-state index is 0.0440. The molecule has 0 spiro atoms. The van der Waals surface area contributed by atoms with E-state index in [4.69, 9.17) is 13.9 Å². The highest BCUT2D eigenvalue weighted by atomic mass is 28.4. The summed E-state index contributed by atoms with van der Waals surface area (Å²) in [6.45, 7) is 11.2. The van der Waals surface area contributed by atoms with Crippen molar-refractivity contribution in [1.82, 2.24) is 0 Å². The van der Waals surface area contributed by atoms with Crippen LogP contribution in [-0.4, -0.2) is 41.1 Å². The van der Waals surface area contributed by atoms with Crippen molar-refractivity contribution < 1.29 is 23.5 Å². The van der Waals surface area contributed by atoms with E-state index < -0.39 is 26.2 Å². The molecule has 2 aromatic rings. The molecule has 0 saturated heterocycles. The second-order valence-electron chi connectivity index (χ2n) is 9.81. The Bertz CT molecular complexity index is 911. The van der Waals surface area contributed by atoms with E-state index in [1.54, 1.807) is 0 Å². The summed E-state index contributed by atoms with van der Waals surface area (Å²) < 4.78 is 16.5. The average molecular weight is 497 g/mol. The summed E-state index contributed by atoms with van der Waals surface area (Å²) in [5.41, 5.74) is 0.148. The van der Waals surface area contributed by atoms with Crippen LogP contribution in [0.5, 0.6) is 0 Å². The topological polar surface area (TPSA) is 61.8 Å². The van der Waals surface area contributed by atoms with Crippen molar-refractivity contribution in [2.24, 2.45) is 5.92 Å². The molecule has 0 aliphatic heterocycles. The number of carbonyl (C=O) groups is 2. The molecule has 0 heterocycles. The summed E-state index contributed by atoms with van der Waals surface area (Å²) in [5, 5.41) is 2.51. The van der Waals surface area contributed by atoms with Crippen LogP contribution >= 0.6 is 0 Å². The third-order valence-corrected chi connectivity index (χ3v) is 11.5. The zero-order valence-electron chi connectivity index (χ0n) is 21.8. The fraction of sp³-hybridized carbons (Fsp3) is 0.448. The first-order valence-electron chi connectivity index (χ1n) is 12.3. The maximum atomic E-state index is 12.1. The molecule has 0 bridgehead atoms. The average Bonchev–Trinajstić information content (AvgIpc) is 2.87. The van der Waals surface area contributed by atoms with Gasteiger partial charge in [-0.1, -0.05) is 107 Å². The second-order valence-corrected chi connectivity index (χ2v) is 14.1. The molecule has 0 aromatic heterocycles. The summed E-state index contributed by atoms with van der Waals surface area (Å²) >= 11 is 0. The van der Waals surface area contributed by atoms with Crippen molar-refractivity contribution in [3.8, 4) is 0 Å². The first-order chi connectivity index (χ1) is 16.7. The molecule has 0 aliphatic carbocycles. The molecular weight excluding hydrogens is 456 g/mol. The monoisotopic (exact) mass is 496 g/mol. The van der Waals surface area contributed by atoms with Crippen LogP contribution in [0.25, 0.3) is 0 Å². The fourth-order valence-corrected chi connectivity index (χ4v) is 9.25. The van der Waals surface area contributed by atoms with Crippen LogP contribution in [0.3, 0.4) is 0 Å². The van der Waals surface area contributed by atoms with Crippen LogP contribution in [0.2, 0.25) is 5.04 Å². The van der Waals surface area contributed by atoms with Gasteiger partial charge in [0.05, 0.1) is 20.1 Å². The van der Waals surface area contributed by atoms with E-state index in [2.05, 4.69) is 75.9 Å². The zero-order valence-corrected chi connectivity index (χ0v) is 22.8. The highest BCUT2D eigenvalue weighted by Crippen LogP contribution is 2.36. The number of hydrogen-bond donors (Lipinski definition) is 0. The Morgan fingerprint density at radius 3 is 1.80 bits per heavy atom. The summed E-state index contributed by atoms with van der Waals surface area (Å²) in [4.78, 5) is 23.9. The van der Waals surface area contributed by atoms with Gasteiger partial charge in [0.1, 0.15) is 0 Å². The van der Waals surface area contributed by atoms with Crippen molar-refractivity contribution in [3.63, 3.8) is 0 Å². The van der Waals surface area contributed by atoms with Gasteiger partial charge in [-0.25, -0.2) is 4.79 Å². The van der Waals surface area contributed by atoms with E-state index in [1.807, 2.05) is 12.1 Å². The predicted molar refractivity (Wildman–Crippen MR) is 143 cm³/mol. The number of ether oxygens (including phenoxy) is 2. The molecule has 0 saturated carbocycles. The molecule has 2 aromatic carbocycles. The van der Waals surface area contributed by atoms with Gasteiger partial charge in [-0.05, 0) is 28.3 Å². The molecule has 2 rings (SSSR count). The number of carbonyl (C=O) groups excluding carboxylic acids is 2. The number of unbranched alkanes of at least 4 members (excludes halogenated alkanes) is 3. The molecule has 0 unspecified atom stereocenters. The molecule has 0 radical (unpaired) electrons. The molecule has 0 amide bonds. The molecular formula is C29H40O5Si. The summed E-state index contributed by atoms with van der Waals surface area (Å²) in [5.74, 6) is -1.68. The number of hydrogen-bond acceptors (Lipinski definition) is 5. The Morgan fingerprint density at radius 1 is 0.829 bits per heavy atom. The zero-order chi connectivity index (χ0) is 25.9. The third kappa shape index (κ3) is 7.15. The minimum Gasteiger partial charge on any atom is -0.469 e. The van der Waals surface area contributed by atoms with Crippen molar-refractivity contribution in [2.75, 3.05) is 20.8 Å². The number of esters is 2. The van der Waals surface area contributed by atoms with Crippen molar-refractivity contribution in [1.29, 1.82) is 0 Å². The van der Waals surface area contributed by atoms with Crippen LogP contribution < -0.4 is 10.4 Å². The number of benzene rings is 2. The molecule has 35 heavy (non-hydrogen) atoms. The van der Waals surface area contributed by atoms with Crippen molar-refractivity contribution >= 4 is 30.6 Å². The van der Waals surface area contributed by atoms with E-state index in [-0.39, 0.29) is 10.6 Å². The van der Waals surface area contributed by atoms with Crippen molar-refractivity contribution in [2.45, 2.75) is 57.9 Å². The van der Waals surface area contributed by atoms with E-state index in [0.717, 1.165) is 25.7 Å². The summed E-state index contributed by atoms with van der Waals surface area (Å²) in [6.07, 6.45) is 4.11. The Balaban J connectivity index is 2.02. The van der Waals surface area contributed by atoms with Gasteiger partial charge in [0.25, 0.3) is 8.32 Å². The number of rotatable bonds is 13. The lowest BCUT2D eigenvalue weighted by Gasteiger charge is -2.43. The lowest BCUT2D eigenvalue weighted by molar-refractivity contribution is -0.147. The highest BCUT2D eigenvalue weighted by molar-refractivity contribution is 6.99. The van der Waals surface area contributed by atoms with Gasteiger partial charge in [-0.15, -0.1) is 0 Å². The Kier molecular flexibility index (Phi) is 10.9. The van der Waals surface area contributed by atoms with Crippen molar-refractivity contribution in [3.05, 3.63) is 72.8 Å². The maximum Gasteiger partial charge on any atom is 0.334 e. The molecule has 190 valence electrons. The van der Waals surface area contributed by atoms with Crippen LogP contribution in [0.15, 0.2) is 72.8 Å². The third-order valence-electron chi connectivity index (χ3n) is 6.48. The fourth-order valence-electron chi connectivity index (χ4n) is 4.64. The molecule has 0 fully saturated rings. The molecule has 0 aliphatic rings. The lowest BCUT2D eigenvalue weighted by Crippen LogP contribution is -2.66. The quantitative estimate of drug-likeness (QED) is 0.168. The second kappa shape index (κ2) is 13.4. The molecule has 6 heteroatoms. The van der Waals surface area contributed by atoms with Gasteiger partial charge in [0.2, 0.25) is 0 Å². The largest absolute Gasteiger partial charge is 0.469 e.